The van der Waals surface area contributed by atoms with Gasteiger partial charge in [-0.25, -0.2) is 14.3 Å². The van der Waals surface area contributed by atoms with Crippen LogP contribution in [0.15, 0.2) is 108 Å². The number of aromatic nitrogens is 6. The van der Waals surface area contributed by atoms with Crippen LogP contribution >= 0.6 is 23.4 Å². The minimum atomic E-state index is 0.481. The average Bonchev–Trinajstić information content (AvgIpc) is 3.55. The maximum atomic E-state index is 6.10. The van der Waals surface area contributed by atoms with Gasteiger partial charge in [0.05, 0.1) is 19.3 Å². The quantitative estimate of drug-likeness (QED) is 0.175. The molecule has 0 spiro atoms. The largest absolute Gasteiger partial charge is 0.376 e. The van der Waals surface area contributed by atoms with Crippen molar-refractivity contribution in [2.45, 2.75) is 31.7 Å². The van der Waals surface area contributed by atoms with Gasteiger partial charge in [-0.1, -0.05) is 89.2 Å². The van der Waals surface area contributed by atoms with Gasteiger partial charge in [0.15, 0.2) is 11.0 Å². The molecule has 0 saturated carbocycles. The van der Waals surface area contributed by atoms with Gasteiger partial charge >= 0.3 is 0 Å². The van der Waals surface area contributed by atoms with E-state index in [-0.39, 0.29) is 0 Å². The fourth-order valence-corrected chi connectivity index (χ4v) is 5.14. The van der Waals surface area contributed by atoms with Gasteiger partial charge in [-0.15, -0.1) is 10.2 Å². The van der Waals surface area contributed by atoms with Gasteiger partial charge in [0, 0.05) is 29.9 Å². The van der Waals surface area contributed by atoms with Crippen molar-refractivity contribution in [2.24, 2.45) is 0 Å². The third-order valence-electron chi connectivity index (χ3n) is 5.97. The van der Waals surface area contributed by atoms with E-state index in [1.165, 1.54) is 16.7 Å². The molecular weight excluding hydrogens is 526 g/mol. The molecule has 0 aliphatic rings. The Morgan fingerprint density at radius 1 is 0.923 bits per heavy atom. The molecule has 7 nitrogen and oxygen atoms in total. The second-order valence-electron chi connectivity index (χ2n) is 9.44. The van der Waals surface area contributed by atoms with Crippen molar-refractivity contribution in [3.05, 3.63) is 125 Å². The van der Waals surface area contributed by atoms with Gasteiger partial charge in [0.2, 0.25) is 0 Å². The lowest BCUT2D eigenvalue weighted by Crippen LogP contribution is -2.11. The van der Waals surface area contributed by atoms with Crippen LogP contribution in [-0.4, -0.2) is 47.5 Å². The summed E-state index contributed by atoms with van der Waals surface area (Å²) in [6.07, 6.45) is 4.16. The monoisotopic (exact) mass is 555 g/mol. The first-order chi connectivity index (χ1) is 19.0. The number of nitrogens with zero attached hydrogens (tertiary/aromatic N) is 7. The van der Waals surface area contributed by atoms with E-state index in [1.54, 1.807) is 11.8 Å². The molecule has 5 rings (SSSR count). The first-order valence-electron chi connectivity index (χ1n) is 12.7. The van der Waals surface area contributed by atoms with Crippen molar-refractivity contribution in [3.8, 4) is 11.4 Å². The first-order valence-corrected chi connectivity index (χ1v) is 14.1. The normalized spacial score (nSPS) is 11.6. The molecule has 0 unspecified atom stereocenters. The summed E-state index contributed by atoms with van der Waals surface area (Å²) in [7, 11) is 2.10. The van der Waals surface area contributed by atoms with Gasteiger partial charge in [-0.2, -0.15) is 0 Å². The topological polar surface area (TPSA) is 64.7 Å². The molecule has 2 heterocycles. The van der Waals surface area contributed by atoms with Crippen LogP contribution in [0.4, 0.5) is 0 Å². The Kier molecular flexibility index (Phi) is 8.75. The minimum absolute atomic E-state index is 0.481. The molecule has 9 heteroatoms. The van der Waals surface area contributed by atoms with Gasteiger partial charge in [-0.05, 0) is 54.1 Å². The zero-order valence-corrected chi connectivity index (χ0v) is 23.6. The van der Waals surface area contributed by atoms with Crippen LogP contribution in [0, 0.1) is 0 Å². The third kappa shape index (κ3) is 7.59. The SMILES string of the molecule is C/C(=C\N(C)Cc1ccccc1)CSc1nc(-c2ccc(Cl)cc2)nn1Cc1cn(Cc2ccccc2)nn1. The van der Waals surface area contributed by atoms with Crippen molar-refractivity contribution >= 4 is 23.4 Å². The molecule has 0 atom stereocenters. The number of hydrogen-bond donors (Lipinski definition) is 0. The van der Waals surface area contributed by atoms with Gasteiger partial charge in [0.1, 0.15) is 5.69 Å². The molecule has 3 aromatic carbocycles. The van der Waals surface area contributed by atoms with Crippen molar-refractivity contribution in [1.29, 1.82) is 0 Å². The lowest BCUT2D eigenvalue weighted by molar-refractivity contribution is 0.447. The van der Waals surface area contributed by atoms with Crippen LogP contribution in [0.25, 0.3) is 11.4 Å². The Hall–Kier alpha value is -3.88. The van der Waals surface area contributed by atoms with E-state index in [0.717, 1.165) is 28.7 Å². The predicted octanol–water partition coefficient (Wildman–Crippen LogP) is 6.41. The average molecular weight is 556 g/mol. The lowest BCUT2D eigenvalue weighted by atomic mass is 10.2. The molecule has 0 amide bonds. The van der Waals surface area contributed by atoms with Crippen LogP contribution in [0.5, 0.6) is 0 Å². The highest BCUT2D eigenvalue weighted by atomic mass is 35.5. The summed E-state index contributed by atoms with van der Waals surface area (Å²) in [5, 5.41) is 15.1. The Morgan fingerprint density at radius 2 is 1.62 bits per heavy atom. The maximum absolute atomic E-state index is 6.10. The van der Waals surface area contributed by atoms with E-state index < -0.39 is 0 Å². The maximum Gasteiger partial charge on any atom is 0.187 e. The summed E-state index contributed by atoms with van der Waals surface area (Å²) < 4.78 is 3.76. The molecule has 0 aliphatic carbocycles. The Morgan fingerprint density at radius 3 is 2.33 bits per heavy atom. The van der Waals surface area contributed by atoms with E-state index in [2.05, 4.69) is 71.8 Å². The molecule has 0 bridgehead atoms. The standard InChI is InChI=1S/C30H30ClN7S/c1-23(17-36(2)18-24-9-5-3-6-10-24)22-39-30-32-29(26-13-15-27(31)16-14-26)34-38(30)21-28-20-37(35-33-28)19-25-11-7-4-8-12-25/h3-17,20H,18-19,21-22H2,1-2H3/b23-17+. The number of rotatable bonds is 11. The predicted molar refractivity (Wildman–Crippen MR) is 158 cm³/mol. The van der Waals surface area contributed by atoms with Crippen LogP contribution in [0.2, 0.25) is 5.02 Å². The van der Waals surface area contributed by atoms with Crippen molar-refractivity contribution in [3.63, 3.8) is 0 Å². The Bertz CT molecular complexity index is 1510. The molecule has 0 N–H and O–H groups in total. The number of hydrogen-bond acceptors (Lipinski definition) is 6. The van der Waals surface area contributed by atoms with Crippen LogP contribution in [0.3, 0.4) is 0 Å². The zero-order valence-electron chi connectivity index (χ0n) is 22.0. The molecule has 5 aromatic rings. The molecule has 0 radical (unpaired) electrons. The summed E-state index contributed by atoms with van der Waals surface area (Å²) >= 11 is 7.77. The second kappa shape index (κ2) is 12.8. The van der Waals surface area contributed by atoms with Crippen LogP contribution < -0.4 is 0 Å². The summed E-state index contributed by atoms with van der Waals surface area (Å²) in [6, 6.07) is 28.3. The van der Waals surface area contributed by atoms with Crippen LogP contribution in [0.1, 0.15) is 23.7 Å². The van der Waals surface area contributed by atoms with E-state index in [4.69, 9.17) is 21.7 Å². The highest BCUT2D eigenvalue weighted by Gasteiger charge is 2.15. The van der Waals surface area contributed by atoms with E-state index in [1.807, 2.05) is 64.1 Å². The first kappa shape index (κ1) is 26.7. The van der Waals surface area contributed by atoms with Crippen molar-refractivity contribution in [1.82, 2.24) is 34.7 Å². The van der Waals surface area contributed by atoms with E-state index >= 15 is 0 Å². The fraction of sp³-hybridized carbons (Fsp3) is 0.200. The fourth-order valence-electron chi connectivity index (χ4n) is 4.18. The number of benzene rings is 3. The highest BCUT2D eigenvalue weighted by molar-refractivity contribution is 7.99. The lowest BCUT2D eigenvalue weighted by Gasteiger charge is -2.15. The smallest absolute Gasteiger partial charge is 0.187 e. The summed E-state index contributed by atoms with van der Waals surface area (Å²) in [6.45, 7) is 4.15. The number of halogens is 1. The Balaban J connectivity index is 1.31. The molecule has 0 saturated heterocycles. The molecule has 0 fully saturated rings. The van der Waals surface area contributed by atoms with Gasteiger partial charge in [-0.3, -0.25) is 0 Å². The van der Waals surface area contributed by atoms with Crippen molar-refractivity contribution < 1.29 is 0 Å². The summed E-state index contributed by atoms with van der Waals surface area (Å²) in [5.74, 6) is 1.45. The third-order valence-corrected chi connectivity index (χ3v) is 7.38. The zero-order chi connectivity index (χ0) is 27.0. The van der Waals surface area contributed by atoms with E-state index in [9.17, 15) is 0 Å². The van der Waals surface area contributed by atoms with Crippen LogP contribution in [-0.2, 0) is 19.6 Å². The molecular formula is C30H30ClN7S. The molecule has 2 aromatic heterocycles. The highest BCUT2D eigenvalue weighted by Crippen LogP contribution is 2.25. The molecule has 198 valence electrons. The molecule has 39 heavy (non-hydrogen) atoms. The summed E-state index contributed by atoms with van der Waals surface area (Å²) in [4.78, 5) is 7.08. The number of thioether (sulfide) groups is 1. The van der Waals surface area contributed by atoms with Gasteiger partial charge in [0.25, 0.3) is 0 Å². The van der Waals surface area contributed by atoms with Crippen molar-refractivity contribution in [2.75, 3.05) is 12.8 Å². The molecule has 0 aliphatic heterocycles. The Labute approximate surface area is 238 Å². The van der Waals surface area contributed by atoms with Gasteiger partial charge < -0.3 is 4.90 Å². The minimum Gasteiger partial charge on any atom is -0.376 e. The van der Waals surface area contributed by atoms with E-state index in [0.29, 0.717) is 23.9 Å². The second-order valence-corrected chi connectivity index (χ2v) is 10.8. The summed E-state index contributed by atoms with van der Waals surface area (Å²) in [5.41, 5.74) is 5.45.